The van der Waals surface area contributed by atoms with E-state index < -0.39 is 12.0 Å². The smallest absolute Gasteiger partial charge is 0.332 e. The molecule has 0 spiro atoms. The Labute approximate surface area is 138 Å². The number of urea groups is 1. The van der Waals surface area contributed by atoms with Gasteiger partial charge in [0.1, 0.15) is 5.15 Å². The number of aromatic nitrogens is 1. The molecule has 0 fully saturated rings. The van der Waals surface area contributed by atoms with Gasteiger partial charge in [0.05, 0.1) is 23.6 Å². The standard InChI is InChI=1S/C13H11ClN4O4S/c14-10-9(5-16-17-12(15)21)23-13(22)18(10)6-7-2-1-3-8(4-7)11(19)20/h1-5H,6H2,(H,19,20)(H3,15,17,21)/p-1/b16-5-. The predicted molar refractivity (Wildman–Crippen MR) is 83.8 cm³/mol. The van der Waals surface area contributed by atoms with Gasteiger partial charge in [0.2, 0.25) is 0 Å². The second kappa shape index (κ2) is 7.07. The number of amides is 2. The van der Waals surface area contributed by atoms with Crippen LogP contribution in [0.15, 0.2) is 34.2 Å². The molecule has 2 rings (SSSR count). The van der Waals surface area contributed by atoms with Crippen LogP contribution >= 0.6 is 22.9 Å². The van der Waals surface area contributed by atoms with Crippen LogP contribution in [0.5, 0.6) is 0 Å². The summed E-state index contributed by atoms with van der Waals surface area (Å²) in [4.78, 5) is 33.3. The van der Waals surface area contributed by atoms with Gasteiger partial charge in [0.25, 0.3) is 0 Å². The zero-order chi connectivity index (χ0) is 17.0. The Hall–Kier alpha value is -2.65. The van der Waals surface area contributed by atoms with Crippen LogP contribution in [0.25, 0.3) is 0 Å². The lowest BCUT2D eigenvalue weighted by Crippen LogP contribution is -2.24. The number of hydrazone groups is 1. The lowest BCUT2D eigenvalue weighted by Gasteiger charge is -2.07. The van der Waals surface area contributed by atoms with Gasteiger partial charge in [-0.2, -0.15) is 5.10 Å². The first-order valence-corrected chi connectivity index (χ1v) is 7.36. The highest BCUT2D eigenvalue weighted by molar-refractivity contribution is 7.11. The van der Waals surface area contributed by atoms with E-state index >= 15 is 0 Å². The molecule has 0 radical (unpaired) electrons. The number of carboxylic acids is 1. The van der Waals surface area contributed by atoms with E-state index in [0.29, 0.717) is 10.4 Å². The van der Waals surface area contributed by atoms with Crippen molar-refractivity contribution >= 4 is 41.2 Å². The number of rotatable bonds is 5. The van der Waals surface area contributed by atoms with Crippen LogP contribution in [-0.4, -0.2) is 22.8 Å². The zero-order valence-electron chi connectivity index (χ0n) is 11.5. The Kier molecular flexibility index (Phi) is 5.14. The Morgan fingerprint density at radius 2 is 2.22 bits per heavy atom. The van der Waals surface area contributed by atoms with E-state index in [1.807, 2.05) is 5.43 Å². The number of nitrogens with one attached hydrogen (secondary N) is 1. The van der Waals surface area contributed by atoms with E-state index in [0.717, 1.165) is 11.3 Å². The highest BCUT2D eigenvalue weighted by atomic mass is 35.5. The Balaban J connectivity index is 2.27. The van der Waals surface area contributed by atoms with Crippen molar-refractivity contribution in [2.24, 2.45) is 10.8 Å². The number of benzene rings is 1. The molecule has 2 aromatic rings. The number of nitrogens with zero attached hydrogens (tertiary/aromatic N) is 2. The monoisotopic (exact) mass is 353 g/mol. The molecule has 0 bridgehead atoms. The maximum atomic E-state index is 12.0. The van der Waals surface area contributed by atoms with Crippen LogP contribution in [0.4, 0.5) is 4.79 Å². The van der Waals surface area contributed by atoms with Crippen molar-refractivity contribution in [2.75, 3.05) is 0 Å². The number of carboxylic acid groups (broad SMARTS) is 1. The summed E-state index contributed by atoms with van der Waals surface area (Å²) in [7, 11) is 0. The van der Waals surface area contributed by atoms with Crippen LogP contribution < -0.4 is 21.1 Å². The zero-order valence-corrected chi connectivity index (χ0v) is 13.1. The van der Waals surface area contributed by atoms with Crippen molar-refractivity contribution in [1.29, 1.82) is 0 Å². The summed E-state index contributed by atoms with van der Waals surface area (Å²) in [6, 6.07) is 5.16. The van der Waals surface area contributed by atoms with Crippen molar-refractivity contribution in [3.63, 3.8) is 0 Å². The van der Waals surface area contributed by atoms with Crippen molar-refractivity contribution in [2.45, 2.75) is 6.54 Å². The number of primary amides is 1. The van der Waals surface area contributed by atoms with Gasteiger partial charge < -0.3 is 15.6 Å². The second-order valence-corrected chi connectivity index (χ2v) is 5.68. The largest absolute Gasteiger partial charge is 0.545 e. The number of carbonyl (C=O) groups is 2. The maximum Gasteiger partial charge on any atom is 0.332 e. The number of carbonyl (C=O) groups excluding carboxylic acids is 2. The highest BCUT2D eigenvalue weighted by Gasteiger charge is 2.12. The number of hydrogen-bond acceptors (Lipinski definition) is 6. The van der Waals surface area contributed by atoms with Crippen molar-refractivity contribution in [1.82, 2.24) is 9.99 Å². The molecule has 10 heteroatoms. The number of hydrogen-bond donors (Lipinski definition) is 2. The average Bonchev–Trinajstić information content (AvgIpc) is 2.75. The van der Waals surface area contributed by atoms with Crippen molar-refractivity contribution < 1.29 is 14.7 Å². The van der Waals surface area contributed by atoms with Gasteiger partial charge in [-0.15, -0.1) is 0 Å². The Morgan fingerprint density at radius 3 is 2.87 bits per heavy atom. The summed E-state index contributed by atoms with van der Waals surface area (Å²) in [5, 5.41) is 14.5. The summed E-state index contributed by atoms with van der Waals surface area (Å²) in [5.74, 6) is -1.30. The molecule has 0 unspecified atom stereocenters. The van der Waals surface area contributed by atoms with Gasteiger partial charge >= 0.3 is 10.9 Å². The fourth-order valence-corrected chi connectivity index (χ4v) is 2.86. The van der Waals surface area contributed by atoms with E-state index in [-0.39, 0.29) is 22.1 Å². The van der Waals surface area contributed by atoms with E-state index in [4.69, 9.17) is 17.3 Å². The second-order valence-electron chi connectivity index (χ2n) is 4.33. The summed E-state index contributed by atoms with van der Waals surface area (Å²) >= 11 is 6.93. The normalized spacial score (nSPS) is 10.8. The molecule has 0 aliphatic heterocycles. The molecule has 1 aromatic heterocycles. The third-order valence-electron chi connectivity index (χ3n) is 2.72. The van der Waals surface area contributed by atoms with Gasteiger partial charge in [-0.05, 0) is 17.2 Å². The van der Waals surface area contributed by atoms with Crippen molar-refractivity contribution in [3.8, 4) is 0 Å². The van der Waals surface area contributed by atoms with Crippen LogP contribution in [0.1, 0.15) is 20.8 Å². The first-order chi connectivity index (χ1) is 10.9. The number of nitrogens with two attached hydrogens (primary N) is 1. The molecule has 8 nitrogen and oxygen atoms in total. The van der Waals surface area contributed by atoms with Crippen LogP contribution in [0.3, 0.4) is 0 Å². The maximum absolute atomic E-state index is 12.0. The van der Waals surface area contributed by atoms with E-state index in [2.05, 4.69) is 5.10 Å². The van der Waals surface area contributed by atoms with Gasteiger partial charge in [-0.3, -0.25) is 9.36 Å². The van der Waals surface area contributed by atoms with Gasteiger partial charge in [-0.25, -0.2) is 10.2 Å². The molecule has 0 aliphatic carbocycles. The van der Waals surface area contributed by atoms with Gasteiger partial charge in [-0.1, -0.05) is 41.1 Å². The first kappa shape index (κ1) is 16.7. The lowest BCUT2D eigenvalue weighted by molar-refractivity contribution is -0.255. The van der Waals surface area contributed by atoms with E-state index in [9.17, 15) is 19.5 Å². The SMILES string of the molecule is NC(=O)N/N=C\c1sc(=O)n(Cc2cccc(C(=O)[O-])c2)c1Cl. The molecule has 23 heavy (non-hydrogen) atoms. The minimum absolute atomic E-state index is 0.00865. The fraction of sp³-hybridized carbons (Fsp3) is 0.0769. The molecule has 1 aromatic carbocycles. The van der Waals surface area contributed by atoms with Gasteiger partial charge in [0, 0.05) is 0 Å². The van der Waals surface area contributed by atoms with Crippen LogP contribution in [-0.2, 0) is 6.54 Å². The third-order valence-corrected chi connectivity index (χ3v) is 4.15. The topological polar surface area (TPSA) is 130 Å². The number of aromatic carboxylic acids is 1. The summed E-state index contributed by atoms with van der Waals surface area (Å²) in [5.41, 5.74) is 7.43. The summed E-state index contributed by atoms with van der Waals surface area (Å²) in [6.45, 7) is 0.0897. The average molecular weight is 354 g/mol. The fourth-order valence-electron chi connectivity index (χ4n) is 1.75. The molecule has 120 valence electrons. The first-order valence-electron chi connectivity index (χ1n) is 6.16. The predicted octanol–water partition coefficient (Wildman–Crippen LogP) is -0.0228. The molecular weight excluding hydrogens is 344 g/mol. The van der Waals surface area contributed by atoms with Crippen LogP contribution in [0, 0.1) is 0 Å². The molecule has 0 atom stereocenters. The Morgan fingerprint density at radius 1 is 1.48 bits per heavy atom. The molecule has 0 saturated carbocycles. The summed E-state index contributed by atoms with van der Waals surface area (Å²) < 4.78 is 1.26. The van der Waals surface area contributed by atoms with Gasteiger partial charge in [0.15, 0.2) is 0 Å². The van der Waals surface area contributed by atoms with E-state index in [1.54, 1.807) is 12.1 Å². The number of halogens is 1. The highest BCUT2D eigenvalue weighted by Crippen LogP contribution is 2.18. The van der Waals surface area contributed by atoms with E-state index in [1.165, 1.54) is 22.9 Å². The minimum atomic E-state index is -1.30. The molecule has 0 aliphatic rings. The molecular formula is C13H10ClN4O4S-. The third kappa shape index (κ3) is 4.18. The minimum Gasteiger partial charge on any atom is -0.545 e. The summed E-state index contributed by atoms with van der Waals surface area (Å²) in [6.07, 6.45) is 1.20. The quantitative estimate of drug-likeness (QED) is 0.577. The molecule has 1 heterocycles. The number of thiazole rings is 1. The van der Waals surface area contributed by atoms with Crippen LogP contribution in [0.2, 0.25) is 5.15 Å². The Bertz CT molecular complexity index is 843. The van der Waals surface area contributed by atoms with Crippen molar-refractivity contribution in [3.05, 3.63) is 55.1 Å². The lowest BCUT2D eigenvalue weighted by atomic mass is 10.1. The molecule has 3 N–H and O–H groups in total. The molecule has 2 amide bonds. The molecule has 0 saturated heterocycles.